The predicted octanol–water partition coefficient (Wildman–Crippen LogP) is -0.700. The van der Waals surface area contributed by atoms with Gasteiger partial charge in [0.15, 0.2) is 5.03 Å². The number of sulfonamides is 1. The second kappa shape index (κ2) is 5.69. The van der Waals surface area contributed by atoms with E-state index < -0.39 is 16.6 Å². The highest BCUT2D eigenvalue weighted by Crippen LogP contribution is 2.16. The Balaban J connectivity index is 2.19. The summed E-state index contributed by atoms with van der Waals surface area (Å²) >= 11 is 0. The van der Waals surface area contributed by atoms with Crippen LogP contribution in [-0.4, -0.2) is 38.5 Å². The lowest BCUT2D eigenvalue weighted by atomic mass is 10.3. The Hall–Kier alpha value is -1.78. The second-order valence-corrected chi connectivity index (χ2v) is 5.83. The van der Waals surface area contributed by atoms with Gasteiger partial charge in [0.2, 0.25) is 0 Å². The van der Waals surface area contributed by atoms with E-state index >= 15 is 0 Å². The maximum absolute atomic E-state index is 12.2. The molecule has 2 heterocycles. The zero-order chi connectivity index (χ0) is 14.8. The Morgan fingerprint density at radius 3 is 2.90 bits per heavy atom. The standard InChI is InChI=1S/C10H16N6O3S/c1-3-16-6-11-14-9(16)4-12-20(18,19)10-8(5-17)7(2)13-15-10/h6,12,17H,3-5H2,1-2H3,(H,13,15). The highest BCUT2D eigenvalue weighted by atomic mass is 32.2. The predicted molar refractivity (Wildman–Crippen MR) is 69.0 cm³/mol. The molecule has 0 fully saturated rings. The number of aliphatic hydroxyl groups is 1. The van der Waals surface area contributed by atoms with Crippen LogP contribution in [0.4, 0.5) is 0 Å². The van der Waals surface area contributed by atoms with Crippen molar-refractivity contribution >= 4 is 10.0 Å². The van der Waals surface area contributed by atoms with Crippen molar-refractivity contribution in [3.8, 4) is 0 Å². The largest absolute Gasteiger partial charge is 0.392 e. The van der Waals surface area contributed by atoms with Crippen LogP contribution in [-0.2, 0) is 29.7 Å². The molecule has 0 spiro atoms. The van der Waals surface area contributed by atoms with Crippen LogP contribution in [0.25, 0.3) is 0 Å². The van der Waals surface area contributed by atoms with Crippen LogP contribution < -0.4 is 4.72 Å². The fourth-order valence-corrected chi connectivity index (χ4v) is 2.91. The number of aliphatic hydroxyl groups excluding tert-OH is 1. The van der Waals surface area contributed by atoms with Crippen molar-refractivity contribution < 1.29 is 13.5 Å². The summed E-state index contributed by atoms with van der Waals surface area (Å²) in [6, 6.07) is 0. The summed E-state index contributed by atoms with van der Waals surface area (Å²) in [5.41, 5.74) is 0.777. The van der Waals surface area contributed by atoms with Gasteiger partial charge < -0.3 is 9.67 Å². The summed E-state index contributed by atoms with van der Waals surface area (Å²) in [5.74, 6) is 0.508. The summed E-state index contributed by atoms with van der Waals surface area (Å²) in [6.07, 6.45) is 1.53. The Bertz CT molecular complexity index is 690. The molecule has 2 rings (SSSR count). The third kappa shape index (κ3) is 2.71. The monoisotopic (exact) mass is 300 g/mol. The zero-order valence-corrected chi connectivity index (χ0v) is 12.0. The number of nitrogens with zero attached hydrogens (tertiary/aromatic N) is 4. The highest BCUT2D eigenvalue weighted by Gasteiger charge is 2.23. The first kappa shape index (κ1) is 14.6. The molecule has 0 aliphatic rings. The number of rotatable bonds is 6. The van der Waals surface area contributed by atoms with Crippen LogP contribution in [0.5, 0.6) is 0 Å². The number of nitrogens with one attached hydrogen (secondary N) is 2. The second-order valence-electron chi connectivity index (χ2n) is 4.15. The number of aryl methyl sites for hydroxylation is 2. The van der Waals surface area contributed by atoms with Crippen molar-refractivity contribution in [1.82, 2.24) is 29.7 Å². The molecule has 2 aromatic heterocycles. The molecule has 9 nitrogen and oxygen atoms in total. The third-order valence-corrected chi connectivity index (χ3v) is 4.28. The van der Waals surface area contributed by atoms with Crippen LogP contribution in [0.2, 0.25) is 0 Å². The fourth-order valence-electron chi connectivity index (χ4n) is 1.75. The van der Waals surface area contributed by atoms with E-state index in [1.54, 1.807) is 11.5 Å². The van der Waals surface area contributed by atoms with Gasteiger partial charge in [-0.05, 0) is 13.8 Å². The van der Waals surface area contributed by atoms with E-state index in [0.717, 1.165) is 0 Å². The molecule has 3 N–H and O–H groups in total. The maximum Gasteiger partial charge on any atom is 0.260 e. The van der Waals surface area contributed by atoms with E-state index in [1.165, 1.54) is 6.33 Å². The van der Waals surface area contributed by atoms with Gasteiger partial charge in [-0.25, -0.2) is 13.1 Å². The van der Waals surface area contributed by atoms with E-state index in [1.807, 2.05) is 6.92 Å². The van der Waals surface area contributed by atoms with Gasteiger partial charge in [0.25, 0.3) is 10.0 Å². The van der Waals surface area contributed by atoms with Gasteiger partial charge in [-0.3, -0.25) is 5.10 Å². The topological polar surface area (TPSA) is 126 Å². The molecular weight excluding hydrogens is 284 g/mol. The first-order chi connectivity index (χ1) is 9.49. The summed E-state index contributed by atoms with van der Waals surface area (Å²) in [7, 11) is -3.82. The summed E-state index contributed by atoms with van der Waals surface area (Å²) in [5, 5.41) is 22.8. The molecule has 110 valence electrons. The minimum Gasteiger partial charge on any atom is -0.392 e. The normalized spacial score (nSPS) is 11.9. The third-order valence-electron chi connectivity index (χ3n) is 2.91. The van der Waals surface area contributed by atoms with Crippen LogP contribution in [0.3, 0.4) is 0 Å². The molecule has 0 saturated carbocycles. The van der Waals surface area contributed by atoms with Gasteiger partial charge >= 0.3 is 0 Å². The van der Waals surface area contributed by atoms with Gasteiger partial charge in [-0.15, -0.1) is 10.2 Å². The van der Waals surface area contributed by atoms with Crippen molar-refractivity contribution in [3.63, 3.8) is 0 Å². The van der Waals surface area contributed by atoms with Crippen molar-refractivity contribution in [3.05, 3.63) is 23.4 Å². The maximum atomic E-state index is 12.2. The molecule has 0 aliphatic carbocycles. The molecule has 0 saturated heterocycles. The number of aromatic amines is 1. The number of hydrogen-bond acceptors (Lipinski definition) is 6. The van der Waals surface area contributed by atoms with Crippen molar-refractivity contribution in [1.29, 1.82) is 0 Å². The summed E-state index contributed by atoms with van der Waals surface area (Å²) in [6.45, 7) is 3.80. The quantitative estimate of drug-likeness (QED) is 0.647. The molecule has 0 atom stereocenters. The molecule has 0 bridgehead atoms. The van der Waals surface area contributed by atoms with Crippen LogP contribution in [0.15, 0.2) is 11.4 Å². The summed E-state index contributed by atoms with van der Waals surface area (Å²) < 4.78 is 28.4. The molecular formula is C10H16N6O3S. The molecule has 20 heavy (non-hydrogen) atoms. The van der Waals surface area contributed by atoms with Crippen molar-refractivity contribution in [2.45, 2.75) is 38.6 Å². The lowest BCUT2D eigenvalue weighted by Gasteiger charge is -2.06. The van der Waals surface area contributed by atoms with Gasteiger partial charge in [-0.1, -0.05) is 0 Å². The number of hydrogen-bond donors (Lipinski definition) is 3. The van der Waals surface area contributed by atoms with Gasteiger partial charge in [0.05, 0.1) is 13.2 Å². The Labute approximate surface area is 116 Å². The molecule has 0 aromatic carbocycles. The lowest BCUT2D eigenvalue weighted by molar-refractivity contribution is 0.277. The first-order valence-electron chi connectivity index (χ1n) is 6.00. The highest BCUT2D eigenvalue weighted by molar-refractivity contribution is 7.89. The van der Waals surface area contributed by atoms with Crippen molar-refractivity contribution in [2.75, 3.05) is 0 Å². The van der Waals surface area contributed by atoms with Crippen LogP contribution in [0.1, 0.15) is 24.0 Å². The minimum absolute atomic E-state index is 0.00689. The SMILES string of the molecule is CCn1cnnc1CNS(=O)(=O)c1n[nH]c(C)c1CO. The Morgan fingerprint density at radius 1 is 1.50 bits per heavy atom. The van der Waals surface area contributed by atoms with Gasteiger partial charge in [-0.2, -0.15) is 5.10 Å². The number of H-pyrrole nitrogens is 1. The molecule has 0 unspecified atom stereocenters. The van der Waals surface area contributed by atoms with Gasteiger partial charge in [0.1, 0.15) is 12.2 Å². The van der Waals surface area contributed by atoms with Crippen molar-refractivity contribution in [2.24, 2.45) is 0 Å². The van der Waals surface area contributed by atoms with E-state index in [2.05, 4.69) is 25.1 Å². The number of aromatic nitrogens is 5. The summed E-state index contributed by atoms with van der Waals surface area (Å²) in [4.78, 5) is 0. The average molecular weight is 300 g/mol. The van der Waals surface area contributed by atoms with E-state index in [9.17, 15) is 13.5 Å². The van der Waals surface area contributed by atoms with Crippen LogP contribution in [0, 0.1) is 6.92 Å². The van der Waals surface area contributed by atoms with E-state index in [0.29, 0.717) is 18.1 Å². The molecule has 10 heteroatoms. The zero-order valence-electron chi connectivity index (χ0n) is 11.2. The smallest absolute Gasteiger partial charge is 0.260 e. The van der Waals surface area contributed by atoms with Gasteiger partial charge in [0, 0.05) is 17.8 Å². The minimum atomic E-state index is -3.82. The molecule has 0 aliphatic heterocycles. The molecule has 2 aromatic rings. The first-order valence-corrected chi connectivity index (χ1v) is 7.49. The lowest BCUT2D eigenvalue weighted by Crippen LogP contribution is -2.26. The molecule has 0 radical (unpaired) electrons. The molecule has 0 amide bonds. The Morgan fingerprint density at radius 2 is 2.25 bits per heavy atom. The van der Waals surface area contributed by atoms with Crippen LogP contribution >= 0.6 is 0 Å². The van der Waals surface area contributed by atoms with E-state index in [-0.39, 0.29) is 17.1 Å². The Kier molecular flexibility index (Phi) is 4.16. The average Bonchev–Trinajstić information content (AvgIpc) is 3.02. The van der Waals surface area contributed by atoms with E-state index in [4.69, 9.17) is 0 Å². The fraction of sp³-hybridized carbons (Fsp3) is 0.500.